The van der Waals surface area contributed by atoms with Gasteiger partial charge in [0.05, 0.1) is 12.0 Å². The Morgan fingerprint density at radius 3 is 2.94 bits per heavy atom. The fourth-order valence-corrected chi connectivity index (χ4v) is 2.14. The molecular formula is C11H10N2O3S. The quantitative estimate of drug-likeness (QED) is 0.878. The van der Waals surface area contributed by atoms with Crippen LogP contribution in [-0.2, 0) is 17.8 Å². The van der Waals surface area contributed by atoms with Gasteiger partial charge in [-0.1, -0.05) is 6.07 Å². The minimum atomic E-state index is -1.06. The summed E-state index contributed by atoms with van der Waals surface area (Å²) in [6.07, 6.45) is 1.88. The number of thiophene rings is 1. The van der Waals surface area contributed by atoms with Crippen LogP contribution in [0.4, 0.5) is 0 Å². The molecule has 88 valence electrons. The summed E-state index contributed by atoms with van der Waals surface area (Å²) < 4.78 is 1.07. The average molecular weight is 250 g/mol. The van der Waals surface area contributed by atoms with Gasteiger partial charge in [-0.05, 0) is 11.4 Å². The third-order valence-corrected chi connectivity index (χ3v) is 3.05. The molecule has 0 bridgehead atoms. The van der Waals surface area contributed by atoms with Gasteiger partial charge in [0.25, 0.3) is 5.56 Å². The first kappa shape index (κ1) is 11.5. The molecule has 0 aliphatic carbocycles. The molecule has 0 atom stereocenters. The fourth-order valence-electron chi connectivity index (χ4n) is 1.42. The lowest BCUT2D eigenvalue weighted by Gasteiger charge is -2.02. The Morgan fingerprint density at radius 1 is 1.53 bits per heavy atom. The molecule has 0 fully saturated rings. The lowest BCUT2D eigenvalue weighted by Crippen LogP contribution is -2.24. The molecule has 17 heavy (non-hydrogen) atoms. The van der Waals surface area contributed by atoms with Gasteiger partial charge in [0.2, 0.25) is 0 Å². The van der Waals surface area contributed by atoms with Crippen molar-refractivity contribution in [2.45, 2.75) is 13.0 Å². The van der Waals surface area contributed by atoms with Gasteiger partial charge < -0.3 is 5.11 Å². The van der Waals surface area contributed by atoms with Gasteiger partial charge in [0, 0.05) is 17.4 Å². The van der Waals surface area contributed by atoms with Crippen molar-refractivity contribution in [1.82, 2.24) is 9.55 Å². The van der Waals surface area contributed by atoms with Crippen molar-refractivity contribution in [2.24, 2.45) is 0 Å². The van der Waals surface area contributed by atoms with Crippen LogP contribution >= 0.6 is 11.3 Å². The third kappa shape index (κ3) is 3.01. The lowest BCUT2D eigenvalue weighted by atomic mass is 10.2. The van der Waals surface area contributed by atoms with Crippen LogP contribution in [0.3, 0.4) is 0 Å². The molecule has 0 aliphatic heterocycles. The maximum Gasteiger partial charge on any atom is 0.323 e. The predicted octanol–water partition coefficient (Wildman–Crippen LogP) is 0.980. The third-order valence-electron chi connectivity index (χ3n) is 2.18. The highest BCUT2D eigenvalue weighted by atomic mass is 32.1. The summed E-state index contributed by atoms with van der Waals surface area (Å²) in [5.41, 5.74) is 0.313. The molecule has 5 nitrogen and oxygen atoms in total. The van der Waals surface area contributed by atoms with E-state index in [0.29, 0.717) is 12.1 Å². The minimum Gasteiger partial charge on any atom is -0.480 e. The number of carboxylic acid groups (broad SMARTS) is 1. The summed E-state index contributed by atoms with van der Waals surface area (Å²) in [6.45, 7) is -0.356. The molecule has 0 radical (unpaired) electrons. The van der Waals surface area contributed by atoms with Crippen molar-refractivity contribution < 1.29 is 9.90 Å². The normalized spacial score (nSPS) is 10.4. The monoisotopic (exact) mass is 250 g/mol. The largest absolute Gasteiger partial charge is 0.480 e. The summed E-state index contributed by atoms with van der Waals surface area (Å²) >= 11 is 1.60. The molecule has 2 heterocycles. The van der Waals surface area contributed by atoms with E-state index in [0.717, 1.165) is 9.44 Å². The molecule has 0 spiro atoms. The van der Waals surface area contributed by atoms with Crippen LogP contribution < -0.4 is 5.56 Å². The Labute approximate surface area is 101 Å². The number of hydrogen-bond acceptors (Lipinski definition) is 4. The van der Waals surface area contributed by atoms with Crippen molar-refractivity contribution in [3.8, 4) is 0 Å². The number of rotatable bonds is 4. The first-order valence-corrected chi connectivity index (χ1v) is 5.82. The van der Waals surface area contributed by atoms with Gasteiger partial charge >= 0.3 is 5.97 Å². The number of aliphatic carboxylic acids is 1. The molecule has 2 aromatic heterocycles. The number of carbonyl (C=O) groups is 1. The number of nitrogens with zero attached hydrogens (tertiary/aromatic N) is 2. The second-order valence-corrected chi connectivity index (χ2v) is 4.53. The van der Waals surface area contributed by atoms with Crippen molar-refractivity contribution in [2.75, 3.05) is 0 Å². The Morgan fingerprint density at radius 2 is 2.35 bits per heavy atom. The van der Waals surface area contributed by atoms with Crippen LogP contribution in [0.5, 0.6) is 0 Å². The Hall–Kier alpha value is -1.95. The van der Waals surface area contributed by atoms with Crippen molar-refractivity contribution in [3.05, 3.63) is 50.8 Å². The Bertz CT molecular complexity index is 575. The minimum absolute atomic E-state index is 0.339. The van der Waals surface area contributed by atoms with E-state index in [4.69, 9.17) is 5.11 Å². The van der Waals surface area contributed by atoms with Gasteiger partial charge in [-0.25, -0.2) is 4.98 Å². The van der Waals surface area contributed by atoms with Gasteiger partial charge in [-0.2, -0.15) is 0 Å². The number of carboxylic acids is 1. The SMILES string of the molecule is O=C(O)Cn1cnc(Cc2cccs2)cc1=O. The second-order valence-electron chi connectivity index (χ2n) is 3.50. The zero-order valence-corrected chi connectivity index (χ0v) is 9.68. The van der Waals surface area contributed by atoms with E-state index in [2.05, 4.69) is 4.98 Å². The zero-order valence-electron chi connectivity index (χ0n) is 8.87. The highest BCUT2D eigenvalue weighted by Gasteiger charge is 2.05. The summed E-state index contributed by atoms with van der Waals surface area (Å²) in [6, 6.07) is 5.28. The fraction of sp³-hybridized carbons (Fsp3) is 0.182. The van der Waals surface area contributed by atoms with E-state index < -0.39 is 5.97 Å². The first-order chi connectivity index (χ1) is 8.15. The van der Waals surface area contributed by atoms with E-state index in [1.165, 1.54) is 12.4 Å². The van der Waals surface area contributed by atoms with Crippen molar-refractivity contribution >= 4 is 17.3 Å². The standard InChI is InChI=1S/C11H10N2O3S/c14-10-5-8(4-9-2-1-3-17-9)12-7-13(10)6-11(15)16/h1-3,5,7H,4,6H2,(H,15,16). The first-order valence-electron chi connectivity index (χ1n) is 4.94. The van der Waals surface area contributed by atoms with Crippen LogP contribution in [0.25, 0.3) is 0 Å². The van der Waals surface area contributed by atoms with Crippen LogP contribution in [0.15, 0.2) is 34.7 Å². The Kier molecular flexibility index (Phi) is 3.34. The van der Waals surface area contributed by atoms with E-state index in [1.807, 2.05) is 17.5 Å². The molecule has 0 unspecified atom stereocenters. The smallest absolute Gasteiger partial charge is 0.323 e. The van der Waals surface area contributed by atoms with Gasteiger partial charge in [0.15, 0.2) is 0 Å². The summed E-state index contributed by atoms with van der Waals surface area (Å²) in [5.74, 6) is -1.06. The maximum atomic E-state index is 11.6. The van der Waals surface area contributed by atoms with Gasteiger partial charge in [-0.3, -0.25) is 14.2 Å². The predicted molar refractivity (Wildman–Crippen MR) is 63.3 cm³/mol. The maximum absolute atomic E-state index is 11.6. The highest BCUT2D eigenvalue weighted by molar-refractivity contribution is 7.09. The van der Waals surface area contributed by atoms with Crippen molar-refractivity contribution in [3.63, 3.8) is 0 Å². The molecule has 0 aromatic carbocycles. The zero-order chi connectivity index (χ0) is 12.3. The average Bonchev–Trinajstić information content (AvgIpc) is 2.74. The second kappa shape index (κ2) is 4.92. The van der Waals surface area contributed by atoms with E-state index >= 15 is 0 Å². The molecule has 0 aliphatic rings. The number of aromatic nitrogens is 2. The van der Waals surface area contributed by atoms with Crippen molar-refractivity contribution in [1.29, 1.82) is 0 Å². The van der Waals surface area contributed by atoms with Crippen LogP contribution in [0.1, 0.15) is 10.6 Å². The van der Waals surface area contributed by atoms with Gasteiger partial charge in [0.1, 0.15) is 6.54 Å². The summed E-state index contributed by atoms with van der Waals surface area (Å²) in [7, 11) is 0. The molecule has 0 saturated heterocycles. The van der Waals surface area contributed by atoms with Crippen LogP contribution in [0.2, 0.25) is 0 Å². The molecule has 1 N–H and O–H groups in total. The molecule has 6 heteroatoms. The Balaban J connectivity index is 2.19. The molecule has 0 amide bonds. The molecule has 2 aromatic rings. The highest BCUT2D eigenvalue weighted by Crippen LogP contribution is 2.12. The topological polar surface area (TPSA) is 72.2 Å². The lowest BCUT2D eigenvalue weighted by molar-refractivity contribution is -0.137. The van der Waals surface area contributed by atoms with Gasteiger partial charge in [-0.15, -0.1) is 11.3 Å². The molecular weight excluding hydrogens is 240 g/mol. The van der Waals surface area contributed by atoms with Crippen LogP contribution in [0, 0.1) is 0 Å². The molecule has 0 saturated carbocycles. The summed E-state index contributed by atoms with van der Waals surface area (Å²) in [4.78, 5) is 27.2. The number of hydrogen-bond donors (Lipinski definition) is 1. The van der Waals surface area contributed by atoms with Crippen LogP contribution in [-0.4, -0.2) is 20.6 Å². The summed E-state index contributed by atoms with van der Waals surface area (Å²) in [5, 5.41) is 10.5. The van der Waals surface area contributed by atoms with E-state index in [9.17, 15) is 9.59 Å². The molecule has 2 rings (SSSR count). The van der Waals surface area contributed by atoms with E-state index in [-0.39, 0.29) is 12.1 Å². The van der Waals surface area contributed by atoms with E-state index in [1.54, 1.807) is 11.3 Å².